The number of nitrogens with one attached hydrogen (secondary N) is 1. The maximum absolute atomic E-state index is 12.8. The molecule has 0 fully saturated rings. The molecule has 4 rings (SSSR count). The first-order valence-corrected chi connectivity index (χ1v) is 24.3. The lowest BCUT2D eigenvalue weighted by atomic mass is 10.0. The molecule has 1 amide bonds. The number of phenolic OH excluding ortho intramolecular Hbond substituents is 1. The molecule has 61 heavy (non-hydrogen) atoms. The summed E-state index contributed by atoms with van der Waals surface area (Å²) in [5.41, 5.74) is 0.220. The first kappa shape index (κ1) is 48.9. The van der Waals surface area contributed by atoms with E-state index in [4.69, 9.17) is 9.47 Å². The van der Waals surface area contributed by atoms with Gasteiger partial charge in [-0.3, -0.25) is 13.9 Å². The minimum absolute atomic E-state index is 0.0494. The van der Waals surface area contributed by atoms with Gasteiger partial charge in [-0.15, -0.1) is 15.3 Å². The molecule has 0 radical (unpaired) electrons. The van der Waals surface area contributed by atoms with Gasteiger partial charge in [-0.1, -0.05) is 109 Å². The molecule has 17 heteroatoms. The summed E-state index contributed by atoms with van der Waals surface area (Å²) in [6, 6.07) is 14.0. The molecule has 5 N–H and O–H groups in total. The Hall–Kier alpha value is -4.73. The monoisotopic (exact) mass is 881 g/mol. The van der Waals surface area contributed by atoms with Crippen LogP contribution in [0.5, 0.6) is 17.2 Å². The standard InChI is InChI=1S/C44H60N5O10PS/c1-4-7-8-9-10-11-12-13-14-15-16-17-18-19-20-24-42(50)45-33-26-25-32-27-41(61(55,56)57)43(44(51)36(32)29-33)49-48-38-31-39(58-5-2)37(30-40(38)59-6-3)47-46-34-22-21-23-35(28-34)60(52,53)54/h21-23,25-31,51H,4-20,24H2,1-3H3,(H,45,50)(H2,52,53,54)(H,55,56,57). The number of unbranched alkanes of at least 4 members (excludes halogenated alkanes) is 14. The van der Waals surface area contributed by atoms with Gasteiger partial charge in [0.2, 0.25) is 5.91 Å². The number of anilines is 1. The number of ether oxygens (including phenoxy) is 2. The van der Waals surface area contributed by atoms with Crippen molar-refractivity contribution in [2.24, 2.45) is 20.5 Å². The lowest BCUT2D eigenvalue weighted by molar-refractivity contribution is -0.116. The number of carbonyl (C=O) groups is 1. The van der Waals surface area contributed by atoms with Gasteiger partial charge in [-0.05, 0) is 62.1 Å². The van der Waals surface area contributed by atoms with E-state index in [9.17, 15) is 37.2 Å². The lowest BCUT2D eigenvalue weighted by Gasteiger charge is -2.13. The van der Waals surface area contributed by atoms with Crippen molar-refractivity contribution < 1.29 is 46.7 Å². The van der Waals surface area contributed by atoms with Gasteiger partial charge in [0.1, 0.15) is 33.5 Å². The van der Waals surface area contributed by atoms with Gasteiger partial charge >= 0.3 is 7.60 Å². The zero-order chi connectivity index (χ0) is 44.3. The molecule has 0 aliphatic carbocycles. The van der Waals surface area contributed by atoms with E-state index in [-0.39, 0.29) is 63.8 Å². The van der Waals surface area contributed by atoms with Crippen LogP contribution in [0.15, 0.2) is 86.0 Å². The number of hydrogen-bond acceptors (Lipinski definition) is 11. The highest BCUT2D eigenvalue weighted by Gasteiger charge is 2.23. The van der Waals surface area contributed by atoms with E-state index in [0.717, 1.165) is 31.7 Å². The third-order valence-electron chi connectivity index (χ3n) is 9.96. The zero-order valence-electron chi connectivity index (χ0n) is 35.4. The van der Waals surface area contributed by atoms with Crippen molar-refractivity contribution in [3.63, 3.8) is 0 Å². The molecule has 0 aliphatic rings. The molecular weight excluding hydrogens is 822 g/mol. The minimum atomic E-state index is -4.92. The summed E-state index contributed by atoms with van der Waals surface area (Å²) in [7, 11) is -9.44. The maximum atomic E-state index is 12.8. The number of benzene rings is 4. The van der Waals surface area contributed by atoms with Crippen LogP contribution >= 0.6 is 7.60 Å². The highest BCUT2D eigenvalue weighted by atomic mass is 32.2. The van der Waals surface area contributed by atoms with Crippen molar-refractivity contribution in [1.29, 1.82) is 0 Å². The smallest absolute Gasteiger partial charge is 0.356 e. The molecule has 4 aromatic rings. The van der Waals surface area contributed by atoms with E-state index in [1.54, 1.807) is 19.9 Å². The summed E-state index contributed by atoms with van der Waals surface area (Å²) in [5.74, 6) is -0.495. The summed E-state index contributed by atoms with van der Waals surface area (Å²) in [6.45, 7) is 6.05. The van der Waals surface area contributed by atoms with E-state index in [2.05, 4.69) is 32.7 Å². The first-order chi connectivity index (χ1) is 29.2. The lowest BCUT2D eigenvalue weighted by Crippen LogP contribution is -2.11. The predicted octanol–water partition coefficient (Wildman–Crippen LogP) is 12.4. The highest BCUT2D eigenvalue weighted by Crippen LogP contribution is 2.45. The SMILES string of the molecule is CCCCCCCCCCCCCCCCCC(=O)Nc1ccc2cc(S(=O)(=O)O)c(N=Nc3cc(OCC)c(N=Nc4cccc(P(=O)(O)O)c4)cc3OCC)c(O)c2c1. The van der Waals surface area contributed by atoms with Crippen LogP contribution in [-0.2, 0) is 19.5 Å². The molecule has 0 bridgehead atoms. The fourth-order valence-electron chi connectivity index (χ4n) is 6.78. The van der Waals surface area contributed by atoms with Crippen LogP contribution in [0, 0.1) is 0 Å². The molecule has 0 spiro atoms. The van der Waals surface area contributed by atoms with Crippen molar-refractivity contribution in [3.05, 3.63) is 60.7 Å². The number of aromatic hydroxyl groups is 1. The highest BCUT2D eigenvalue weighted by molar-refractivity contribution is 7.86. The van der Waals surface area contributed by atoms with Crippen LogP contribution in [0.1, 0.15) is 124 Å². The molecule has 0 saturated carbocycles. The van der Waals surface area contributed by atoms with Crippen LogP contribution in [0.2, 0.25) is 0 Å². The second-order valence-corrected chi connectivity index (χ2v) is 17.8. The van der Waals surface area contributed by atoms with Crippen LogP contribution in [0.3, 0.4) is 0 Å². The van der Waals surface area contributed by atoms with E-state index in [0.29, 0.717) is 12.1 Å². The molecule has 0 aliphatic heterocycles. The maximum Gasteiger partial charge on any atom is 0.356 e. The molecule has 0 aromatic heterocycles. The third kappa shape index (κ3) is 15.9. The van der Waals surface area contributed by atoms with Crippen molar-refractivity contribution in [2.75, 3.05) is 18.5 Å². The summed E-state index contributed by atoms with van der Waals surface area (Å²) < 4.78 is 58.5. The number of nitrogens with zero attached hydrogens (tertiary/aromatic N) is 4. The summed E-state index contributed by atoms with van der Waals surface area (Å²) in [5, 5.41) is 31.0. The fourth-order valence-corrected chi connectivity index (χ4v) is 8.02. The Morgan fingerprint density at radius 2 is 1.23 bits per heavy atom. The Bertz CT molecular complexity index is 2280. The molecule has 15 nitrogen and oxygen atoms in total. The van der Waals surface area contributed by atoms with Crippen LogP contribution in [0.25, 0.3) is 10.8 Å². The van der Waals surface area contributed by atoms with E-state index < -0.39 is 34.0 Å². The quantitative estimate of drug-likeness (QED) is 0.0165. The predicted molar refractivity (Wildman–Crippen MR) is 239 cm³/mol. The Balaban J connectivity index is 1.44. The molecular formula is C44H60N5O10PS. The second-order valence-electron chi connectivity index (χ2n) is 14.8. The summed E-state index contributed by atoms with van der Waals surface area (Å²) in [4.78, 5) is 31.2. The van der Waals surface area contributed by atoms with Crippen LogP contribution in [0.4, 0.5) is 28.4 Å². The van der Waals surface area contributed by atoms with E-state index >= 15 is 0 Å². The summed E-state index contributed by atoms with van der Waals surface area (Å²) in [6.07, 6.45) is 18.8. The number of azo groups is 2. The topological polar surface area (TPSA) is 229 Å². The molecule has 0 unspecified atom stereocenters. The van der Waals surface area contributed by atoms with Crippen LogP contribution in [-0.4, -0.2) is 47.0 Å². The number of carbonyl (C=O) groups excluding carboxylic acids is 1. The first-order valence-electron chi connectivity index (χ1n) is 21.3. The average Bonchev–Trinajstić information content (AvgIpc) is 3.21. The number of rotatable bonds is 27. The number of phenols is 1. The molecule has 4 aromatic carbocycles. The number of fused-ring (bicyclic) bond motifs is 1. The fraction of sp³-hybridized carbons (Fsp3) is 0.477. The molecule has 0 saturated heterocycles. The van der Waals surface area contributed by atoms with Crippen molar-refractivity contribution in [2.45, 2.75) is 128 Å². The van der Waals surface area contributed by atoms with Gasteiger partial charge in [0.05, 0.1) is 24.2 Å². The van der Waals surface area contributed by atoms with Crippen molar-refractivity contribution >= 4 is 68.1 Å². The Morgan fingerprint density at radius 1 is 0.689 bits per heavy atom. The molecule has 0 atom stereocenters. The summed E-state index contributed by atoms with van der Waals surface area (Å²) >= 11 is 0. The molecule has 332 valence electrons. The van der Waals surface area contributed by atoms with Crippen molar-refractivity contribution in [3.8, 4) is 17.2 Å². The van der Waals surface area contributed by atoms with Gasteiger partial charge in [-0.25, -0.2) is 0 Å². The van der Waals surface area contributed by atoms with Gasteiger partial charge in [-0.2, -0.15) is 13.5 Å². The van der Waals surface area contributed by atoms with Gasteiger partial charge in [0, 0.05) is 29.6 Å². The van der Waals surface area contributed by atoms with Gasteiger partial charge in [0.25, 0.3) is 10.1 Å². The Morgan fingerprint density at radius 3 is 1.75 bits per heavy atom. The second kappa shape index (κ2) is 24.6. The third-order valence-corrected chi connectivity index (χ3v) is 11.8. The average molecular weight is 882 g/mol. The van der Waals surface area contributed by atoms with Gasteiger partial charge < -0.3 is 29.7 Å². The largest absolute Gasteiger partial charge is 0.505 e. The molecule has 0 heterocycles. The Kier molecular flexibility index (Phi) is 19.8. The Labute approximate surface area is 359 Å². The zero-order valence-corrected chi connectivity index (χ0v) is 37.1. The number of hydrogen-bond donors (Lipinski definition) is 5. The number of amides is 1. The minimum Gasteiger partial charge on any atom is -0.505 e. The normalized spacial score (nSPS) is 12.2. The van der Waals surface area contributed by atoms with E-state index in [1.165, 1.54) is 119 Å². The van der Waals surface area contributed by atoms with Crippen LogP contribution < -0.4 is 20.1 Å². The van der Waals surface area contributed by atoms with E-state index in [1.807, 2.05) is 0 Å². The van der Waals surface area contributed by atoms with Gasteiger partial charge in [0.15, 0.2) is 5.75 Å². The van der Waals surface area contributed by atoms with Crippen molar-refractivity contribution in [1.82, 2.24) is 0 Å².